The van der Waals surface area contributed by atoms with Gasteiger partial charge in [0.05, 0.1) is 6.61 Å². The largest absolute Gasteiger partial charge is 0.494 e. The molecule has 0 fully saturated rings. The third-order valence-electron chi connectivity index (χ3n) is 2.85. The van der Waals surface area contributed by atoms with E-state index in [-0.39, 0.29) is 0 Å². The lowest BCUT2D eigenvalue weighted by atomic mass is 10.00. The minimum absolute atomic E-state index is 0.364. The molecule has 0 spiro atoms. The Morgan fingerprint density at radius 2 is 1.89 bits per heavy atom. The van der Waals surface area contributed by atoms with E-state index in [1.54, 1.807) is 24.3 Å². The molecule has 0 aromatic heterocycles. The third kappa shape index (κ3) is 3.03. The van der Waals surface area contributed by atoms with E-state index in [9.17, 15) is 9.50 Å². The van der Waals surface area contributed by atoms with Gasteiger partial charge in [0.25, 0.3) is 0 Å². The van der Waals surface area contributed by atoms with Crippen molar-refractivity contribution < 1.29 is 14.2 Å². The lowest BCUT2D eigenvalue weighted by Crippen LogP contribution is -2.04. The SMILES string of the molecule is CCOc1ccc(C(O)c2cc(F)ccc2N)cc1. The van der Waals surface area contributed by atoms with Crippen LogP contribution in [0.25, 0.3) is 0 Å². The molecule has 3 N–H and O–H groups in total. The van der Waals surface area contributed by atoms with Crippen molar-refractivity contribution in [2.24, 2.45) is 0 Å². The molecular formula is C15H16FNO2. The molecule has 0 saturated heterocycles. The highest BCUT2D eigenvalue weighted by molar-refractivity contribution is 5.51. The van der Waals surface area contributed by atoms with E-state index in [1.165, 1.54) is 18.2 Å². The van der Waals surface area contributed by atoms with Crippen molar-refractivity contribution in [3.8, 4) is 5.75 Å². The van der Waals surface area contributed by atoms with Gasteiger partial charge in [-0.15, -0.1) is 0 Å². The predicted octanol–water partition coefficient (Wildman–Crippen LogP) is 2.89. The van der Waals surface area contributed by atoms with E-state index in [0.717, 1.165) is 5.75 Å². The molecule has 1 atom stereocenters. The molecule has 0 aliphatic rings. The van der Waals surface area contributed by atoms with Crippen molar-refractivity contribution in [2.45, 2.75) is 13.0 Å². The molecule has 100 valence electrons. The summed E-state index contributed by atoms with van der Waals surface area (Å²) < 4.78 is 18.5. The van der Waals surface area contributed by atoms with Crippen LogP contribution < -0.4 is 10.5 Å². The van der Waals surface area contributed by atoms with Crippen LogP contribution in [0.5, 0.6) is 5.75 Å². The molecule has 0 amide bonds. The van der Waals surface area contributed by atoms with Gasteiger partial charge in [0.15, 0.2) is 0 Å². The summed E-state index contributed by atoms with van der Waals surface area (Å²) in [4.78, 5) is 0. The van der Waals surface area contributed by atoms with Crippen molar-refractivity contribution in [2.75, 3.05) is 12.3 Å². The van der Waals surface area contributed by atoms with Crippen molar-refractivity contribution in [1.82, 2.24) is 0 Å². The van der Waals surface area contributed by atoms with Crippen LogP contribution in [0.2, 0.25) is 0 Å². The molecule has 0 saturated carbocycles. The molecule has 2 aromatic rings. The van der Waals surface area contributed by atoms with Gasteiger partial charge in [-0.2, -0.15) is 0 Å². The first-order valence-corrected chi connectivity index (χ1v) is 6.07. The van der Waals surface area contributed by atoms with Crippen LogP contribution in [-0.2, 0) is 0 Å². The number of nitrogens with two attached hydrogens (primary N) is 1. The fourth-order valence-corrected chi connectivity index (χ4v) is 1.87. The number of anilines is 1. The summed E-state index contributed by atoms with van der Waals surface area (Å²) in [7, 11) is 0. The molecule has 1 unspecified atom stereocenters. The summed E-state index contributed by atoms with van der Waals surface area (Å²) >= 11 is 0. The molecule has 19 heavy (non-hydrogen) atoms. The van der Waals surface area contributed by atoms with Crippen LogP contribution >= 0.6 is 0 Å². The minimum atomic E-state index is -0.952. The lowest BCUT2D eigenvalue weighted by Gasteiger charge is -2.14. The summed E-state index contributed by atoms with van der Waals surface area (Å²) in [5, 5.41) is 10.2. The lowest BCUT2D eigenvalue weighted by molar-refractivity contribution is 0.220. The summed E-state index contributed by atoms with van der Waals surface area (Å²) in [5.74, 6) is 0.305. The van der Waals surface area contributed by atoms with E-state index < -0.39 is 11.9 Å². The van der Waals surface area contributed by atoms with Crippen molar-refractivity contribution in [3.05, 3.63) is 59.4 Å². The standard InChI is InChI=1S/C15H16FNO2/c1-2-19-12-6-3-10(4-7-12)15(18)13-9-11(16)5-8-14(13)17/h3-9,15,18H,2,17H2,1H3. The minimum Gasteiger partial charge on any atom is -0.494 e. The fraction of sp³-hybridized carbons (Fsp3) is 0.200. The number of halogens is 1. The van der Waals surface area contributed by atoms with Crippen molar-refractivity contribution in [1.29, 1.82) is 0 Å². The van der Waals surface area contributed by atoms with Crippen LogP contribution in [0, 0.1) is 5.82 Å². The molecule has 2 rings (SSSR count). The normalized spacial score (nSPS) is 12.2. The Morgan fingerprint density at radius 1 is 1.21 bits per heavy atom. The second-order valence-corrected chi connectivity index (χ2v) is 4.18. The summed E-state index contributed by atoms with van der Waals surface area (Å²) in [5.41, 5.74) is 7.12. The zero-order valence-corrected chi connectivity index (χ0v) is 10.6. The van der Waals surface area contributed by atoms with Gasteiger partial charge in [0, 0.05) is 11.3 Å². The van der Waals surface area contributed by atoms with Gasteiger partial charge in [-0.25, -0.2) is 4.39 Å². The third-order valence-corrected chi connectivity index (χ3v) is 2.85. The van der Waals surface area contributed by atoms with Gasteiger partial charge in [-0.3, -0.25) is 0 Å². The number of hydrogen-bond donors (Lipinski definition) is 2. The highest BCUT2D eigenvalue weighted by Gasteiger charge is 2.14. The van der Waals surface area contributed by atoms with Gasteiger partial charge >= 0.3 is 0 Å². The summed E-state index contributed by atoms with van der Waals surface area (Å²) in [6, 6.07) is 11.0. The summed E-state index contributed by atoms with van der Waals surface area (Å²) in [6.07, 6.45) is -0.952. The van der Waals surface area contributed by atoms with Gasteiger partial charge in [0.1, 0.15) is 17.7 Å². The van der Waals surface area contributed by atoms with Crippen LogP contribution in [0.4, 0.5) is 10.1 Å². The Hall–Kier alpha value is -2.07. The predicted molar refractivity (Wildman–Crippen MR) is 72.5 cm³/mol. The number of aliphatic hydroxyl groups excluding tert-OH is 1. The van der Waals surface area contributed by atoms with E-state index >= 15 is 0 Å². The molecule has 0 heterocycles. The highest BCUT2D eigenvalue weighted by Crippen LogP contribution is 2.28. The topological polar surface area (TPSA) is 55.5 Å². The fourth-order valence-electron chi connectivity index (χ4n) is 1.87. The van der Waals surface area contributed by atoms with Gasteiger partial charge < -0.3 is 15.6 Å². The Bertz CT molecular complexity index is 555. The smallest absolute Gasteiger partial charge is 0.123 e. The van der Waals surface area contributed by atoms with E-state index in [2.05, 4.69) is 0 Å². The first-order valence-electron chi connectivity index (χ1n) is 6.07. The number of nitrogen functional groups attached to an aromatic ring is 1. The molecule has 0 aliphatic carbocycles. The average Bonchev–Trinajstić information content (AvgIpc) is 2.42. The first-order chi connectivity index (χ1) is 9.11. The van der Waals surface area contributed by atoms with Crippen LogP contribution in [0.3, 0.4) is 0 Å². The maximum Gasteiger partial charge on any atom is 0.123 e. The molecule has 2 aromatic carbocycles. The van der Waals surface area contributed by atoms with E-state index in [1.807, 2.05) is 6.92 Å². The maximum atomic E-state index is 13.2. The monoisotopic (exact) mass is 261 g/mol. The quantitative estimate of drug-likeness (QED) is 0.832. The van der Waals surface area contributed by atoms with Crippen LogP contribution in [-0.4, -0.2) is 11.7 Å². The average molecular weight is 261 g/mol. The Kier molecular flexibility index (Phi) is 4.02. The van der Waals surface area contributed by atoms with E-state index in [4.69, 9.17) is 10.5 Å². The number of rotatable bonds is 4. The molecular weight excluding hydrogens is 245 g/mol. The number of hydrogen-bond acceptors (Lipinski definition) is 3. The van der Waals surface area contributed by atoms with E-state index in [0.29, 0.717) is 23.4 Å². The number of benzene rings is 2. The van der Waals surface area contributed by atoms with Crippen LogP contribution in [0.15, 0.2) is 42.5 Å². The first kappa shape index (κ1) is 13.4. The Labute approximate surface area is 111 Å². The van der Waals surface area contributed by atoms with Crippen molar-refractivity contribution in [3.63, 3.8) is 0 Å². The molecule has 4 heteroatoms. The zero-order chi connectivity index (χ0) is 13.8. The molecule has 0 bridgehead atoms. The Balaban J connectivity index is 2.27. The van der Waals surface area contributed by atoms with Gasteiger partial charge in [-0.05, 0) is 42.8 Å². The summed E-state index contributed by atoms with van der Waals surface area (Å²) in [6.45, 7) is 2.48. The van der Waals surface area contributed by atoms with Gasteiger partial charge in [0.2, 0.25) is 0 Å². The van der Waals surface area contributed by atoms with Crippen LogP contribution in [0.1, 0.15) is 24.2 Å². The zero-order valence-electron chi connectivity index (χ0n) is 10.6. The van der Waals surface area contributed by atoms with Gasteiger partial charge in [-0.1, -0.05) is 12.1 Å². The second-order valence-electron chi connectivity index (χ2n) is 4.18. The second kappa shape index (κ2) is 5.71. The number of ether oxygens (including phenoxy) is 1. The van der Waals surface area contributed by atoms with Crippen molar-refractivity contribution >= 4 is 5.69 Å². The molecule has 0 aliphatic heterocycles. The molecule has 0 radical (unpaired) electrons. The Morgan fingerprint density at radius 3 is 2.53 bits per heavy atom. The maximum absolute atomic E-state index is 13.2. The highest BCUT2D eigenvalue weighted by atomic mass is 19.1. The molecule has 3 nitrogen and oxygen atoms in total. The number of aliphatic hydroxyl groups is 1.